The van der Waals surface area contributed by atoms with Gasteiger partial charge in [-0.15, -0.1) is 0 Å². The number of benzene rings is 2. The molecule has 4 rings (SSSR count). The van der Waals surface area contributed by atoms with Gasteiger partial charge in [-0.05, 0) is 98.7 Å². The van der Waals surface area contributed by atoms with Gasteiger partial charge in [-0.3, -0.25) is 9.59 Å². The van der Waals surface area contributed by atoms with Gasteiger partial charge in [0.2, 0.25) is 0 Å². The summed E-state index contributed by atoms with van der Waals surface area (Å²) in [6, 6.07) is 17.7. The number of carboxylic acid groups (broad SMARTS) is 1. The van der Waals surface area contributed by atoms with Crippen molar-refractivity contribution < 1.29 is 23.8 Å². The molecule has 0 bridgehead atoms. The zero-order chi connectivity index (χ0) is 28.3. The fraction of sp³-hybridized carbons (Fsp3) is 0.438. The van der Waals surface area contributed by atoms with Crippen LogP contribution in [0.4, 0.5) is 5.69 Å². The Morgan fingerprint density at radius 1 is 1.07 bits per heavy atom. The standard InChI is InChI=1S/C32H40N2O5S/c1-22-28(21-29(39-22)23-11-15-27(16-12-23)38-19-6-20-40-2)31(24-7-4-3-5-8-24)34-26-13-9-25(10-14-26)32(37)33-18-17-30(35)36/h9-16,21,24,31,34H,3-8,17-20H2,1-2H3,(H,33,37)(H,35,36). The molecule has 8 heteroatoms. The maximum Gasteiger partial charge on any atom is 0.305 e. The Morgan fingerprint density at radius 2 is 1.80 bits per heavy atom. The lowest BCUT2D eigenvalue weighted by Gasteiger charge is -2.31. The number of thioether (sulfide) groups is 1. The van der Waals surface area contributed by atoms with E-state index in [0.29, 0.717) is 11.5 Å². The molecule has 40 heavy (non-hydrogen) atoms. The van der Waals surface area contributed by atoms with Crippen LogP contribution in [0.3, 0.4) is 0 Å². The molecule has 3 aromatic rings. The summed E-state index contributed by atoms with van der Waals surface area (Å²) in [5.74, 6) is 2.99. The maximum atomic E-state index is 12.4. The molecule has 1 heterocycles. The molecule has 1 aliphatic rings. The fourth-order valence-electron chi connectivity index (χ4n) is 5.26. The van der Waals surface area contributed by atoms with Gasteiger partial charge in [-0.2, -0.15) is 11.8 Å². The van der Waals surface area contributed by atoms with Crippen molar-refractivity contribution in [3.05, 3.63) is 71.5 Å². The van der Waals surface area contributed by atoms with Crippen LogP contribution in [0.25, 0.3) is 11.3 Å². The molecule has 1 fully saturated rings. The van der Waals surface area contributed by atoms with Crippen LogP contribution in [0.15, 0.2) is 59.0 Å². The Kier molecular flexibility index (Phi) is 11.0. The van der Waals surface area contributed by atoms with Crippen LogP contribution in [0.5, 0.6) is 5.75 Å². The van der Waals surface area contributed by atoms with E-state index >= 15 is 0 Å². The number of hydrogen-bond donors (Lipinski definition) is 3. The highest BCUT2D eigenvalue weighted by Gasteiger charge is 2.28. The number of nitrogens with one attached hydrogen (secondary N) is 2. The Bertz CT molecular complexity index is 1230. The average Bonchev–Trinajstić information content (AvgIpc) is 3.36. The van der Waals surface area contributed by atoms with Crippen molar-refractivity contribution >= 4 is 29.3 Å². The summed E-state index contributed by atoms with van der Waals surface area (Å²) in [4.78, 5) is 23.1. The number of furan rings is 1. The second-order valence-corrected chi connectivity index (χ2v) is 11.3. The Morgan fingerprint density at radius 3 is 2.48 bits per heavy atom. The van der Waals surface area contributed by atoms with E-state index in [1.807, 2.05) is 43.0 Å². The summed E-state index contributed by atoms with van der Waals surface area (Å²) in [6.45, 7) is 2.85. The van der Waals surface area contributed by atoms with Crippen LogP contribution in [-0.2, 0) is 4.79 Å². The molecule has 7 nitrogen and oxygen atoms in total. The molecular weight excluding hydrogens is 524 g/mol. The fourth-order valence-corrected chi connectivity index (χ4v) is 5.66. The van der Waals surface area contributed by atoms with Crippen LogP contribution in [0.1, 0.15) is 72.7 Å². The van der Waals surface area contributed by atoms with Gasteiger partial charge in [0.1, 0.15) is 17.3 Å². The van der Waals surface area contributed by atoms with E-state index in [4.69, 9.17) is 14.3 Å². The molecule has 1 amide bonds. The SMILES string of the molecule is CSCCCOc1ccc(-c2cc(C(Nc3ccc(C(=O)NCCC(=O)O)cc3)C3CCCCC3)c(C)o2)cc1. The predicted octanol–water partition coefficient (Wildman–Crippen LogP) is 7.32. The molecule has 2 aromatic carbocycles. The number of aliphatic carboxylic acids is 1. The molecule has 1 aromatic heterocycles. The molecule has 0 saturated heterocycles. The van der Waals surface area contributed by atoms with E-state index in [9.17, 15) is 9.59 Å². The Balaban J connectivity index is 1.48. The zero-order valence-corrected chi connectivity index (χ0v) is 24.2. The van der Waals surface area contributed by atoms with Crippen molar-refractivity contribution in [1.29, 1.82) is 0 Å². The van der Waals surface area contributed by atoms with E-state index < -0.39 is 5.97 Å². The predicted molar refractivity (Wildman–Crippen MR) is 161 cm³/mol. The van der Waals surface area contributed by atoms with E-state index in [2.05, 4.69) is 35.1 Å². The number of carbonyl (C=O) groups is 2. The number of rotatable bonds is 14. The first-order chi connectivity index (χ1) is 19.4. The number of amides is 1. The minimum Gasteiger partial charge on any atom is -0.494 e. The summed E-state index contributed by atoms with van der Waals surface area (Å²) in [5.41, 5.74) is 3.62. The van der Waals surface area contributed by atoms with E-state index in [-0.39, 0.29) is 24.9 Å². The quantitative estimate of drug-likeness (QED) is 0.176. The van der Waals surface area contributed by atoms with Crippen molar-refractivity contribution in [2.24, 2.45) is 5.92 Å². The molecule has 1 saturated carbocycles. The highest BCUT2D eigenvalue weighted by Crippen LogP contribution is 2.40. The van der Waals surface area contributed by atoms with Gasteiger partial charge in [0, 0.05) is 28.9 Å². The number of ether oxygens (including phenoxy) is 1. The van der Waals surface area contributed by atoms with Gasteiger partial charge < -0.3 is 24.9 Å². The third-order valence-electron chi connectivity index (χ3n) is 7.41. The first kappa shape index (κ1) is 29.6. The van der Waals surface area contributed by atoms with Crippen molar-refractivity contribution in [3.63, 3.8) is 0 Å². The van der Waals surface area contributed by atoms with Gasteiger partial charge in [-0.25, -0.2) is 0 Å². The molecule has 0 radical (unpaired) electrons. The third kappa shape index (κ3) is 8.31. The molecule has 214 valence electrons. The maximum absolute atomic E-state index is 12.4. The van der Waals surface area contributed by atoms with Crippen LogP contribution in [-0.4, -0.2) is 42.1 Å². The highest BCUT2D eigenvalue weighted by molar-refractivity contribution is 7.98. The average molecular weight is 565 g/mol. The monoisotopic (exact) mass is 564 g/mol. The Hall–Kier alpha value is -3.39. The second kappa shape index (κ2) is 14.8. The number of aryl methyl sites for hydroxylation is 1. The third-order valence-corrected chi connectivity index (χ3v) is 8.10. The summed E-state index contributed by atoms with van der Waals surface area (Å²) >= 11 is 1.83. The largest absolute Gasteiger partial charge is 0.494 e. The minimum absolute atomic E-state index is 0.0899. The van der Waals surface area contributed by atoms with Crippen molar-refractivity contribution in [2.75, 3.05) is 30.5 Å². The van der Waals surface area contributed by atoms with Crippen LogP contribution < -0.4 is 15.4 Å². The van der Waals surface area contributed by atoms with Gasteiger partial charge in [0.25, 0.3) is 5.91 Å². The summed E-state index contributed by atoms with van der Waals surface area (Å²) < 4.78 is 12.2. The van der Waals surface area contributed by atoms with Crippen LogP contribution >= 0.6 is 11.8 Å². The number of hydrogen-bond acceptors (Lipinski definition) is 6. The molecule has 1 aliphatic carbocycles. The molecule has 0 aliphatic heterocycles. The van der Waals surface area contributed by atoms with Crippen molar-refractivity contribution in [2.45, 2.75) is 57.9 Å². The van der Waals surface area contributed by atoms with Crippen LogP contribution in [0.2, 0.25) is 0 Å². The van der Waals surface area contributed by atoms with Crippen molar-refractivity contribution in [3.8, 4) is 17.1 Å². The topological polar surface area (TPSA) is 101 Å². The number of carbonyl (C=O) groups excluding carboxylic acids is 1. The molecule has 1 atom stereocenters. The molecule has 1 unspecified atom stereocenters. The van der Waals surface area contributed by atoms with E-state index in [1.54, 1.807) is 12.1 Å². The Labute approximate surface area is 241 Å². The molecule has 0 spiro atoms. The first-order valence-corrected chi connectivity index (χ1v) is 15.5. The highest BCUT2D eigenvalue weighted by atomic mass is 32.2. The summed E-state index contributed by atoms with van der Waals surface area (Å²) in [6.07, 6.45) is 9.07. The lowest BCUT2D eigenvalue weighted by molar-refractivity contribution is -0.136. The lowest BCUT2D eigenvalue weighted by Crippen LogP contribution is -2.26. The normalized spacial score (nSPS) is 14.4. The zero-order valence-electron chi connectivity index (χ0n) is 23.4. The summed E-state index contributed by atoms with van der Waals surface area (Å²) in [7, 11) is 0. The minimum atomic E-state index is -0.936. The van der Waals surface area contributed by atoms with Gasteiger partial charge in [0.15, 0.2) is 0 Å². The van der Waals surface area contributed by atoms with E-state index in [0.717, 1.165) is 65.7 Å². The van der Waals surface area contributed by atoms with Crippen molar-refractivity contribution in [1.82, 2.24) is 5.32 Å². The lowest BCUT2D eigenvalue weighted by atomic mass is 9.81. The summed E-state index contributed by atoms with van der Waals surface area (Å²) in [5, 5.41) is 15.2. The van der Waals surface area contributed by atoms with Crippen LogP contribution in [0, 0.1) is 12.8 Å². The number of anilines is 1. The van der Waals surface area contributed by atoms with Gasteiger partial charge >= 0.3 is 5.97 Å². The second-order valence-electron chi connectivity index (χ2n) is 10.3. The van der Waals surface area contributed by atoms with Gasteiger partial charge in [0.05, 0.1) is 19.1 Å². The molecule has 3 N–H and O–H groups in total. The van der Waals surface area contributed by atoms with E-state index in [1.165, 1.54) is 19.3 Å². The number of carboxylic acids is 1. The smallest absolute Gasteiger partial charge is 0.305 e. The first-order valence-electron chi connectivity index (χ1n) is 14.1. The molecular formula is C32H40N2O5S. The van der Waals surface area contributed by atoms with Gasteiger partial charge in [-0.1, -0.05) is 19.3 Å².